The van der Waals surface area contributed by atoms with Gasteiger partial charge in [-0.15, -0.1) is 0 Å². The Kier molecular flexibility index (Phi) is 10.7. The number of carbonyl (C=O) groups excluding carboxylic acids is 2. The van der Waals surface area contributed by atoms with Gasteiger partial charge in [0.2, 0.25) is 21.8 Å². The van der Waals surface area contributed by atoms with Gasteiger partial charge >= 0.3 is 6.18 Å². The summed E-state index contributed by atoms with van der Waals surface area (Å²) in [5.74, 6) is -1.25. The van der Waals surface area contributed by atoms with Crippen molar-refractivity contribution in [3.63, 3.8) is 0 Å². The van der Waals surface area contributed by atoms with Gasteiger partial charge in [0.25, 0.3) is 0 Å². The zero-order chi connectivity index (χ0) is 28.0. The molecule has 204 valence electrons. The molecule has 7 nitrogen and oxygen atoms in total. The Hall–Kier alpha value is -2.50. The lowest BCUT2D eigenvalue weighted by atomic mass is 10.1. The Morgan fingerprint density at radius 3 is 2.30 bits per heavy atom. The standard InChI is InChI=1S/C24H28Cl2F3N3O4S/c1-4-11-30-23(34)21(5-2)31(14-16-9-10-18(25)13-20(16)26)22(33)15-32(37(3,35)36)19-8-6-7-17(12-19)24(27,28)29/h6-10,12-13,21H,4-5,11,14-15H2,1-3H3,(H,30,34)/t21-/m0/s1. The van der Waals surface area contributed by atoms with Crippen molar-refractivity contribution in [3.05, 3.63) is 63.6 Å². The number of carbonyl (C=O) groups is 2. The van der Waals surface area contributed by atoms with Crippen molar-refractivity contribution in [2.24, 2.45) is 0 Å². The predicted molar refractivity (Wildman–Crippen MR) is 138 cm³/mol. The van der Waals surface area contributed by atoms with Crippen molar-refractivity contribution in [1.29, 1.82) is 0 Å². The summed E-state index contributed by atoms with van der Waals surface area (Å²) in [6, 6.07) is 7.26. The number of halogens is 5. The van der Waals surface area contributed by atoms with Gasteiger partial charge in [-0.2, -0.15) is 13.2 Å². The highest BCUT2D eigenvalue weighted by atomic mass is 35.5. The topological polar surface area (TPSA) is 86.8 Å². The monoisotopic (exact) mass is 581 g/mol. The summed E-state index contributed by atoms with van der Waals surface area (Å²) >= 11 is 12.3. The lowest BCUT2D eigenvalue weighted by Gasteiger charge is -2.33. The first-order valence-electron chi connectivity index (χ1n) is 11.3. The van der Waals surface area contributed by atoms with Crippen molar-refractivity contribution in [2.45, 2.75) is 45.5 Å². The number of alkyl halides is 3. The molecule has 1 atom stereocenters. The van der Waals surface area contributed by atoms with Gasteiger partial charge in [-0.1, -0.05) is 49.2 Å². The minimum atomic E-state index is -4.72. The van der Waals surface area contributed by atoms with Crippen LogP contribution in [0.5, 0.6) is 0 Å². The molecule has 0 aliphatic rings. The molecular weight excluding hydrogens is 554 g/mol. The van der Waals surface area contributed by atoms with Gasteiger partial charge in [0.15, 0.2) is 0 Å². The van der Waals surface area contributed by atoms with Crippen molar-refractivity contribution < 1.29 is 31.2 Å². The van der Waals surface area contributed by atoms with Crippen LogP contribution in [-0.4, -0.2) is 50.5 Å². The largest absolute Gasteiger partial charge is 0.416 e. The van der Waals surface area contributed by atoms with E-state index in [4.69, 9.17) is 23.2 Å². The average molecular weight is 582 g/mol. The van der Waals surface area contributed by atoms with Crippen LogP contribution >= 0.6 is 23.2 Å². The Balaban J connectivity index is 2.51. The van der Waals surface area contributed by atoms with E-state index in [0.717, 1.165) is 24.5 Å². The van der Waals surface area contributed by atoms with Crippen LogP contribution in [0.1, 0.15) is 37.8 Å². The Morgan fingerprint density at radius 1 is 1.08 bits per heavy atom. The van der Waals surface area contributed by atoms with Crippen LogP contribution in [0.3, 0.4) is 0 Å². The van der Waals surface area contributed by atoms with Gasteiger partial charge in [-0.25, -0.2) is 8.42 Å². The zero-order valence-electron chi connectivity index (χ0n) is 20.5. The van der Waals surface area contributed by atoms with E-state index in [1.54, 1.807) is 19.1 Å². The number of anilines is 1. The van der Waals surface area contributed by atoms with E-state index in [1.807, 2.05) is 6.92 Å². The summed E-state index contributed by atoms with van der Waals surface area (Å²) in [4.78, 5) is 27.6. The maximum Gasteiger partial charge on any atom is 0.416 e. The molecule has 2 aromatic carbocycles. The Morgan fingerprint density at radius 2 is 1.76 bits per heavy atom. The SMILES string of the molecule is CCCNC(=O)[C@H](CC)N(Cc1ccc(Cl)cc1Cl)C(=O)CN(c1cccc(C(F)(F)F)c1)S(C)(=O)=O. The number of nitrogens with zero attached hydrogens (tertiary/aromatic N) is 2. The minimum absolute atomic E-state index is 0.160. The summed E-state index contributed by atoms with van der Waals surface area (Å²) in [6.45, 7) is 2.91. The molecule has 1 N–H and O–H groups in total. The van der Waals surface area contributed by atoms with Crippen LogP contribution in [0, 0.1) is 0 Å². The van der Waals surface area contributed by atoms with Gasteiger partial charge in [0.05, 0.1) is 17.5 Å². The predicted octanol–water partition coefficient (Wildman–Crippen LogP) is 5.11. The maximum absolute atomic E-state index is 13.6. The van der Waals surface area contributed by atoms with Crippen LogP contribution in [-0.2, 0) is 32.3 Å². The van der Waals surface area contributed by atoms with Crippen molar-refractivity contribution in [3.8, 4) is 0 Å². The average Bonchev–Trinajstić information content (AvgIpc) is 2.81. The molecule has 0 saturated carbocycles. The first-order valence-corrected chi connectivity index (χ1v) is 14.0. The van der Waals surface area contributed by atoms with E-state index < -0.39 is 46.2 Å². The van der Waals surface area contributed by atoms with E-state index >= 15 is 0 Å². The summed E-state index contributed by atoms with van der Waals surface area (Å²) in [5.41, 5.74) is -0.953. The molecule has 13 heteroatoms. The molecule has 0 aliphatic heterocycles. The molecule has 0 fully saturated rings. The van der Waals surface area contributed by atoms with Crippen LogP contribution in [0.4, 0.5) is 18.9 Å². The molecule has 0 aliphatic carbocycles. The maximum atomic E-state index is 13.6. The highest BCUT2D eigenvalue weighted by Crippen LogP contribution is 2.32. The minimum Gasteiger partial charge on any atom is -0.354 e. The highest BCUT2D eigenvalue weighted by molar-refractivity contribution is 7.92. The third-order valence-corrected chi connectivity index (χ3v) is 7.16. The molecular formula is C24H28Cl2F3N3O4S. The fourth-order valence-electron chi connectivity index (χ4n) is 3.57. The van der Waals surface area contributed by atoms with E-state index in [9.17, 15) is 31.2 Å². The number of hydrogen-bond acceptors (Lipinski definition) is 4. The number of nitrogens with one attached hydrogen (secondary N) is 1. The lowest BCUT2D eigenvalue weighted by Crippen LogP contribution is -2.52. The number of rotatable bonds is 11. The molecule has 0 radical (unpaired) electrons. The molecule has 0 saturated heterocycles. The fourth-order valence-corrected chi connectivity index (χ4v) is 4.88. The normalized spacial score (nSPS) is 12.6. The molecule has 2 aromatic rings. The summed E-state index contributed by atoms with van der Waals surface area (Å²) in [7, 11) is -4.19. The van der Waals surface area contributed by atoms with E-state index in [2.05, 4.69) is 5.32 Å². The van der Waals surface area contributed by atoms with E-state index in [0.29, 0.717) is 33.9 Å². The number of benzene rings is 2. The molecule has 0 aromatic heterocycles. The third kappa shape index (κ3) is 8.51. The Labute approximate surface area is 224 Å². The van der Waals surface area contributed by atoms with Gasteiger partial charge < -0.3 is 10.2 Å². The molecule has 0 spiro atoms. The van der Waals surface area contributed by atoms with Gasteiger partial charge in [-0.05, 0) is 48.7 Å². The second kappa shape index (κ2) is 12.8. The van der Waals surface area contributed by atoms with Crippen molar-refractivity contribution >= 4 is 50.7 Å². The summed E-state index contributed by atoms with van der Waals surface area (Å²) in [5, 5.41) is 3.31. The van der Waals surface area contributed by atoms with Crippen LogP contribution < -0.4 is 9.62 Å². The quantitative estimate of drug-likeness (QED) is 0.399. The van der Waals surface area contributed by atoms with Gasteiger partial charge in [0.1, 0.15) is 12.6 Å². The second-order valence-electron chi connectivity index (χ2n) is 8.29. The molecule has 2 rings (SSSR count). The highest BCUT2D eigenvalue weighted by Gasteiger charge is 2.34. The lowest BCUT2D eigenvalue weighted by molar-refractivity contribution is -0.140. The molecule has 2 amide bonds. The summed E-state index contributed by atoms with van der Waals surface area (Å²) < 4.78 is 65.5. The van der Waals surface area contributed by atoms with Crippen molar-refractivity contribution in [1.82, 2.24) is 10.2 Å². The zero-order valence-corrected chi connectivity index (χ0v) is 22.8. The fraction of sp³-hybridized carbons (Fsp3) is 0.417. The van der Waals surface area contributed by atoms with Crippen molar-refractivity contribution in [2.75, 3.05) is 23.7 Å². The number of amides is 2. The molecule has 37 heavy (non-hydrogen) atoms. The second-order valence-corrected chi connectivity index (χ2v) is 11.0. The number of sulfonamides is 1. The first kappa shape index (κ1) is 30.7. The van der Waals surface area contributed by atoms with E-state index in [1.165, 1.54) is 11.0 Å². The van der Waals surface area contributed by atoms with Gasteiger partial charge in [0, 0.05) is 23.1 Å². The van der Waals surface area contributed by atoms with Crippen LogP contribution in [0.25, 0.3) is 0 Å². The molecule has 0 heterocycles. The molecule has 0 unspecified atom stereocenters. The van der Waals surface area contributed by atoms with Gasteiger partial charge in [-0.3, -0.25) is 13.9 Å². The van der Waals surface area contributed by atoms with E-state index in [-0.39, 0.29) is 23.7 Å². The third-order valence-electron chi connectivity index (χ3n) is 5.43. The first-order chi connectivity index (χ1) is 17.2. The van der Waals surface area contributed by atoms with Crippen LogP contribution in [0.15, 0.2) is 42.5 Å². The van der Waals surface area contributed by atoms with Crippen LogP contribution in [0.2, 0.25) is 10.0 Å². The molecule has 0 bridgehead atoms. The number of hydrogen-bond donors (Lipinski definition) is 1. The smallest absolute Gasteiger partial charge is 0.354 e. The Bertz CT molecular complexity index is 1230. The summed E-state index contributed by atoms with van der Waals surface area (Å²) in [6.07, 6.45) is -3.09.